The fourth-order valence-electron chi connectivity index (χ4n) is 7.30. The third-order valence-corrected chi connectivity index (χ3v) is 10.0. The van der Waals surface area contributed by atoms with Gasteiger partial charge in [0, 0.05) is 45.6 Å². The van der Waals surface area contributed by atoms with Crippen molar-refractivity contribution >= 4 is 39.1 Å². The smallest absolute Gasteiger partial charge is 0.0642 e. The molecule has 48 heavy (non-hydrogen) atoms. The molecule has 2 unspecified atom stereocenters. The number of hydrogen-bond acceptors (Lipinski definition) is 2. The number of hydrogen-bond donors (Lipinski definition) is 3. The number of nitrogens with one attached hydrogen (secondary N) is 3. The molecule has 232 valence electrons. The molecule has 3 nitrogen and oxygen atoms in total. The van der Waals surface area contributed by atoms with Gasteiger partial charge in [-0.15, -0.1) is 0 Å². The van der Waals surface area contributed by atoms with E-state index in [-0.39, 0.29) is 6.04 Å². The first kappa shape index (κ1) is 28.4. The van der Waals surface area contributed by atoms with Crippen molar-refractivity contribution < 1.29 is 0 Å². The Kier molecular flexibility index (Phi) is 7.16. The molecule has 1 heterocycles. The number of benzene rings is 5. The molecule has 3 N–H and O–H groups in total. The number of anilines is 3. The number of fused-ring (bicyclic) bond motifs is 2. The number of rotatable bonds is 8. The van der Waals surface area contributed by atoms with E-state index in [1.807, 2.05) is 0 Å². The third-order valence-electron chi connectivity index (χ3n) is 10.0. The van der Waals surface area contributed by atoms with E-state index in [0.717, 1.165) is 35.1 Å². The second-order valence-electron chi connectivity index (χ2n) is 13.1. The van der Waals surface area contributed by atoms with Gasteiger partial charge in [-0.05, 0) is 82.3 Å². The van der Waals surface area contributed by atoms with E-state index in [4.69, 9.17) is 0 Å². The summed E-state index contributed by atoms with van der Waals surface area (Å²) < 4.78 is 0. The maximum Gasteiger partial charge on any atom is 0.0642 e. The number of aromatic amines is 1. The average molecular weight is 620 g/mol. The van der Waals surface area contributed by atoms with Crippen molar-refractivity contribution in [2.45, 2.75) is 18.9 Å². The van der Waals surface area contributed by atoms with Crippen LogP contribution in [0.5, 0.6) is 0 Å². The lowest BCUT2D eigenvalue weighted by Crippen LogP contribution is -2.18. The zero-order chi connectivity index (χ0) is 31.9. The van der Waals surface area contributed by atoms with Gasteiger partial charge in [-0.25, -0.2) is 0 Å². The molecule has 3 atom stereocenters. The van der Waals surface area contributed by atoms with E-state index < -0.39 is 0 Å². The van der Waals surface area contributed by atoms with Crippen LogP contribution in [-0.4, -0.2) is 11.0 Å². The molecule has 0 bridgehead atoms. The molecule has 0 saturated heterocycles. The Bertz CT molecular complexity index is 2260. The van der Waals surface area contributed by atoms with Gasteiger partial charge in [-0.3, -0.25) is 0 Å². The van der Waals surface area contributed by atoms with Gasteiger partial charge < -0.3 is 15.6 Å². The molecule has 9 rings (SSSR count). The first-order valence-electron chi connectivity index (χ1n) is 17.0. The Morgan fingerprint density at radius 3 is 2.19 bits per heavy atom. The molecule has 0 amide bonds. The summed E-state index contributed by atoms with van der Waals surface area (Å²) in [4.78, 5) is 3.39. The van der Waals surface area contributed by atoms with Gasteiger partial charge in [0.25, 0.3) is 0 Å². The van der Waals surface area contributed by atoms with Crippen LogP contribution >= 0.6 is 0 Å². The summed E-state index contributed by atoms with van der Waals surface area (Å²) in [7, 11) is 0. The zero-order valence-corrected chi connectivity index (χ0v) is 26.7. The van der Waals surface area contributed by atoms with Crippen LogP contribution in [0.2, 0.25) is 0 Å². The molecule has 3 aliphatic carbocycles. The van der Waals surface area contributed by atoms with Gasteiger partial charge in [-0.2, -0.15) is 0 Å². The maximum absolute atomic E-state index is 3.88. The molecule has 1 fully saturated rings. The fourth-order valence-corrected chi connectivity index (χ4v) is 7.30. The summed E-state index contributed by atoms with van der Waals surface area (Å²) in [6, 6.07) is 43.6. The van der Waals surface area contributed by atoms with Crippen molar-refractivity contribution in [3.8, 4) is 22.3 Å². The first-order chi connectivity index (χ1) is 23.8. The second kappa shape index (κ2) is 12.1. The normalized spacial score (nSPS) is 19.4. The first-order valence-corrected chi connectivity index (χ1v) is 17.0. The van der Waals surface area contributed by atoms with Crippen LogP contribution in [-0.2, 0) is 0 Å². The summed E-state index contributed by atoms with van der Waals surface area (Å²) in [6.07, 6.45) is 18.4. The van der Waals surface area contributed by atoms with Crippen LogP contribution in [0.25, 0.3) is 44.3 Å². The van der Waals surface area contributed by atoms with E-state index >= 15 is 0 Å². The van der Waals surface area contributed by atoms with E-state index in [1.54, 1.807) is 0 Å². The molecule has 1 aromatic heterocycles. The molecule has 3 heteroatoms. The highest BCUT2D eigenvalue weighted by Crippen LogP contribution is 2.46. The Morgan fingerprint density at radius 2 is 1.33 bits per heavy atom. The highest BCUT2D eigenvalue weighted by Gasteiger charge is 2.35. The summed E-state index contributed by atoms with van der Waals surface area (Å²) >= 11 is 0. The fraction of sp³-hybridized carbons (Fsp3) is 0.111. The quantitative estimate of drug-likeness (QED) is 0.159. The summed E-state index contributed by atoms with van der Waals surface area (Å²) in [5.41, 5.74) is 14.5. The van der Waals surface area contributed by atoms with Crippen LogP contribution < -0.4 is 10.6 Å². The standard InChI is InChI=1S/C45H37N3/c1-2-10-30(11-3-1)41-28-34(32-18-19-33-27-35(33)26-32)22-25-44(41)47-36-23-20-31(21-24-36)37-12-4-5-13-38(37)39-14-6-9-17-43(39)48-45-29-46-42-16-8-7-15-40(42)45/h1-23,25-26,28-29,33,35-36,46-48H,24,27H2/t33?,35?,36-/m1/s1. The molecular weight excluding hydrogens is 583 g/mol. The van der Waals surface area contributed by atoms with Gasteiger partial charge in [0.15, 0.2) is 0 Å². The molecule has 3 aliphatic rings. The molecule has 5 aromatic carbocycles. The van der Waals surface area contributed by atoms with Gasteiger partial charge in [-0.1, -0.05) is 134 Å². The van der Waals surface area contributed by atoms with Gasteiger partial charge in [0.05, 0.1) is 5.69 Å². The number of allylic oxidation sites excluding steroid dienone is 6. The Hall–Kier alpha value is -5.80. The minimum absolute atomic E-state index is 0.200. The van der Waals surface area contributed by atoms with E-state index in [1.165, 1.54) is 62.0 Å². The van der Waals surface area contributed by atoms with Crippen molar-refractivity contribution in [1.29, 1.82) is 0 Å². The van der Waals surface area contributed by atoms with Crippen molar-refractivity contribution in [3.05, 3.63) is 175 Å². The summed E-state index contributed by atoms with van der Waals surface area (Å²) in [6.45, 7) is 0. The van der Waals surface area contributed by atoms with E-state index in [2.05, 4.69) is 180 Å². The minimum atomic E-state index is 0.200. The van der Waals surface area contributed by atoms with Crippen LogP contribution in [0, 0.1) is 11.8 Å². The van der Waals surface area contributed by atoms with Crippen molar-refractivity contribution in [2.75, 3.05) is 10.6 Å². The second-order valence-corrected chi connectivity index (χ2v) is 13.1. The average Bonchev–Trinajstić information content (AvgIpc) is 3.83. The predicted octanol–water partition coefficient (Wildman–Crippen LogP) is 11.7. The lowest BCUT2D eigenvalue weighted by molar-refractivity contribution is 0.886. The highest BCUT2D eigenvalue weighted by molar-refractivity contribution is 5.97. The lowest BCUT2D eigenvalue weighted by Gasteiger charge is -2.23. The van der Waals surface area contributed by atoms with E-state index in [9.17, 15) is 0 Å². The van der Waals surface area contributed by atoms with Crippen molar-refractivity contribution in [1.82, 2.24) is 4.98 Å². The molecule has 6 aromatic rings. The van der Waals surface area contributed by atoms with Gasteiger partial charge >= 0.3 is 0 Å². The predicted molar refractivity (Wildman–Crippen MR) is 203 cm³/mol. The minimum Gasteiger partial charge on any atom is -0.378 e. The van der Waals surface area contributed by atoms with Gasteiger partial charge in [0.2, 0.25) is 0 Å². The SMILES string of the molecule is C1=CC2CC2C=C1c1ccc(N[C@@H]2C=CC(c3ccccc3-c3ccccc3Nc3c[nH]c4ccccc34)=CC2)c(-c2ccccc2)c1. The van der Waals surface area contributed by atoms with Gasteiger partial charge in [0.1, 0.15) is 0 Å². The van der Waals surface area contributed by atoms with Crippen LogP contribution in [0.4, 0.5) is 17.1 Å². The number of H-pyrrole nitrogens is 1. The lowest BCUT2D eigenvalue weighted by atomic mass is 9.90. The number of para-hydroxylation sites is 2. The third kappa shape index (κ3) is 5.48. The van der Waals surface area contributed by atoms with Crippen LogP contribution in [0.15, 0.2) is 164 Å². The molecule has 0 spiro atoms. The number of aromatic nitrogens is 1. The van der Waals surface area contributed by atoms with Crippen LogP contribution in [0.1, 0.15) is 24.0 Å². The van der Waals surface area contributed by atoms with Crippen LogP contribution in [0.3, 0.4) is 0 Å². The zero-order valence-electron chi connectivity index (χ0n) is 26.7. The Balaban J connectivity index is 0.981. The largest absolute Gasteiger partial charge is 0.378 e. The monoisotopic (exact) mass is 619 g/mol. The van der Waals surface area contributed by atoms with Crippen molar-refractivity contribution in [2.24, 2.45) is 11.8 Å². The summed E-state index contributed by atoms with van der Waals surface area (Å²) in [5, 5.41) is 8.78. The highest BCUT2D eigenvalue weighted by atomic mass is 14.9. The summed E-state index contributed by atoms with van der Waals surface area (Å²) in [5.74, 6) is 1.49. The molecule has 0 aliphatic heterocycles. The molecular formula is C45H37N3. The topological polar surface area (TPSA) is 39.8 Å². The Labute approximate surface area is 282 Å². The Morgan fingerprint density at radius 1 is 0.562 bits per heavy atom. The van der Waals surface area contributed by atoms with E-state index in [0.29, 0.717) is 0 Å². The molecule has 0 radical (unpaired) electrons. The maximum atomic E-state index is 3.88. The van der Waals surface area contributed by atoms with Crippen molar-refractivity contribution in [3.63, 3.8) is 0 Å². The molecule has 1 saturated carbocycles.